The zero-order valence-electron chi connectivity index (χ0n) is 9.88. The van der Waals surface area contributed by atoms with E-state index in [0.717, 1.165) is 0 Å². The summed E-state index contributed by atoms with van der Waals surface area (Å²) in [5.74, 6) is 0.392. The van der Waals surface area contributed by atoms with Gasteiger partial charge in [0.15, 0.2) is 0 Å². The molecule has 0 saturated carbocycles. The molecule has 96 valence electrons. The highest BCUT2D eigenvalue weighted by atomic mass is 16.2. The molecule has 0 aromatic carbocycles. The van der Waals surface area contributed by atoms with Crippen molar-refractivity contribution in [1.82, 2.24) is 15.3 Å². The highest BCUT2D eigenvalue weighted by Gasteiger charge is 2.24. The summed E-state index contributed by atoms with van der Waals surface area (Å²) in [6.45, 7) is 2.76. The fourth-order valence-corrected chi connectivity index (χ4v) is 1.68. The van der Waals surface area contributed by atoms with E-state index in [-0.39, 0.29) is 18.5 Å². The van der Waals surface area contributed by atoms with E-state index < -0.39 is 6.03 Å². The van der Waals surface area contributed by atoms with Gasteiger partial charge in [0, 0.05) is 12.6 Å². The Kier molecular flexibility index (Phi) is 3.26. The normalized spacial score (nSPS) is 19.3. The van der Waals surface area contributed by atoms with Crippen LogP contribution in [0.1, 0.15) is 6.92 Å². The predicted molar refractivity (Wildman–Crippen MR) is 65.1 cm³/mol. The summed E-state index contributed by atoms with van der Waals surface area (Å²) in [7, 11) is 0. The third-order valence-corrected chi connectivity index (χ3v) is 2.60. The molecule has 2 heterocycles. The lowest BCUT2D eigenvalue weighted by atomic mass is 10.2. The Morgan fingerprint density at radius 3 is 2.83 bits per heavy atom. The second kappa shape index (κ2) is 4.86. The Hall–Kier alpha value is -2.38. The molecule has 4 N–H and O–H groups in total. The maximum atomic E-state index is 11.3. The average molecular weight is 250 g/mol. The number of nitrogens with zero attached hydrogens (tertiary/aromatic N) is 3. The fourth-order valence-electron chi connectivity index (χ4n) is 1.68. The van der Waals surface area contributed by atoms with Crippen LogP contribution in [-0.4, -0.2) is 41.0 Å². The van der Waals surface area contributed by atoms with Crippen LogP contribution in [0.5, 0.6) is 0 Å². The van der Waals surface area contributed by atoms with E-state index >= 15 is 0 Å². The van der Waals surface area contributed by atoms with E-state index in [1.807, 2.05) is 6.92 Å². The van der Waals surface area contributed by atoms with Gasteiger partial charge < -0.3 is 21.3 Å². The van der Waals surface area contributed by atoms with Crippen LogP contribution in [0.4, 0.5) is 16.4 Å². The largest absolute Gasteiger partial charge is 0.353 e. The number of amides is 3. The molecule has 1 aromatic rings. The minimum atomic E-state index is -0.669. The third-order valence-electron chi connectivity index (χ3n) is 2.60. The van der Waals surface area contributed by atoms with Gasteiger partial charge in [-0.2, -0.15) is 0 Å². The highest BCUT2D eigenvalue weighted by molar-refractivity contribution is 5.87. The van der Waals surface area contributed by atoms with Crippen LogP contribution in [0.2, 0.25) is 0 Å². The lowest BCUT2D eigenvalue weighted by molar-refractivity contribution is -0.120. The van der Waals surface area contributed by atoms with Crippen molar-refractivity contribution in [2.75, 3.05) is 23.3 Å². The molecule has 1 aliphatic heterocycles. The van der Waals surface area contributed by atoms with Crippen LogP contribution in [0.3, 0.4) is 0 Å². The van der Waals surface area contributed by atoms with Gasteiger partial charge in [0.2, 0.25) is 11.9 Å². The monoisotopic (exact) mass is 250 g/mol. The first-order valence-electron chi connectivity index (χ1n) is 5.48. The van der Waals surface area contributed by atoms with Gasteiger partial charge in [-0.3, -0.25) is 4.79 Å². The molecule has 0 aliphatic carbocycles. The topological polar surface area (TPSA) is 113 Å². The van der Waals surface area contributed by atoms with E-state index in [1.54, 1.807) is 4.90 Å². The summed E-state index contributed by atoms with van der Waals surface area (Å²) in [6, 6.07) is -0.547. The smallest absolute Gasteiger partial charge is 0.316 e. The van der Waals surface area contributed by atoms with Crippen molar-refractivity contribution < 1.29 is 9.59 Å². The minimum Gasteiger partial charge on any atom is -0.353 e. The number of anilines is 2. The second-order valence-corrected chi connectivity index (χ2v) is 4.04. The molecule has 1 aliphatic rings. The molecule has 1 atom stereocenters. The van der Waals surface area contributed by atoms with Gasteiger partial charge in [-0.15, -0.1) is 0 Å². The third kappa shape index (κ3) is 2.65. The van der Waals surface area contributed by atoms with Gasteiger partial charge >= 0.3 is 6.03 Å². The first kappa shape index (κ1) is 12.1. The van der Waals surface area contributed by atoms with Crippen LogP contribution in [0.15, 0.2) is 12.4 Å². The molecule has 1 aromatic heterocycles. The van der Waals surface area contributed by atoms with Crippen LogP contribution < -0.4 is 21.3 Å². The number of primary amides is 1. The molecule has 1 saturated heterocycles. The maximum Gasteiger partial charge on any atom is 0.316 e. The molecule has 1 fully saturated rings. The fraction of sp³-hybridized carbons (Fsp3) is 0.400. The van der Waals surface area contributed by atoms with Crippen molar-refractivity contribution >= 4 is 23.6 Å². The van der Waals surface area contributed by atoms with E-state index in [0.29, 0.717) is 18.2 Å². The van der Waals surface area contributed by atoms with Crippen molar-refractivity contribution in [2.24, 2.45) is 5.73 Å². The van der Waals surface area contributed by atoms with Gasteiger partial charge in [-0.05, 0) is 6.92 Å². The predicted octanol–water partition coefficient (Wildman–Crippen LogP) is -0.708. The number of hydrogen-bond acceptors (Lipinski definition) is 5. The van der Waals surface area contributed by atoms with Crippen molar-refractivity contribution in [1.29, 1.82) is 0 Å². The number of piperazine rings is 1. The molecule has 0 radical (unpaired) electrons. The summed E-state index contributed by atoms with van der Waals surface area (Å²) in [4.78, 5) is 32.0. The quantitative estimate of drug-likeness (QED) is 0.641. The molecular weight excluding hydrogens is 236 g/mol. The molecule has 18 heavy (non-hydrogen) atoms. The first-order chi connectivity index (χ1) is 8.56. The number of aromatic nitrogens is 2. The number of rotatable bonds is 2. The van der Waals surface area contributed by atoms with Crippen LogP contribution in [-0.2, 0) is 4.79 Å². The van der Waals surface area contributed by atoms with Crippen LogP contribution >= 0.6 is 0 Å². The number of urea groups is 1. The minimum absolute atomic E-state index is 0.0592. The van der Waals surface area contributed by atoms with E-state index in [2.05, 4.69) is 20.6 Å². The van der Waals surface area contributed by atoms with Crippen molar-refractivity contribution in [3.8, 4) is 0 Å². The van der Waals surface area contributed by atoms with Gasteiger partial charge in [0.25, 0.3) is 0 Å². The number of nitrogens with one attached hydrogen (secondary N) is 2. The van der Waals surface area contributed by atoms with Crippen molar-refractivity contribution in [3.05, 3.63) is 12.4 Å². The molecule has 8 heteroatoms. The molecule has 8 nitrogen and oxygen atoms in total. The average Bonchev–Trinajstić information content (AvgIpc) is 2.33. The summed E-state index contributed by atoms with van der Waals surface area (Å²) in [5, 5.41) is 5.13. The summed E-state index contributed by atoms with van der Waals surface area (Å²) in [6.07, 6.45) is 2.90. The van der Waals surface area contributed by atoms with Gasteiger partial charge in [0.05, 0.1) is 18.1 Å². The van der Waals surface area contributed by atoms with E-state index in [9.17, 15) is 9.59 Å². The SMILES string of the molecule is C[C@@H]1CNC(=O)CN1c1ncc(NC(N)=O)cn1. The standard InChI is InChI=1S/C10H14N6O2/c1-6-2-12-8(17)5-16(6)10-13-3-7(4-14-10)15-9(11)18/h3-4,6H,2,5H2,1H3,(H,12,17)(H3,11,15,18)/t6-/m1/s1. The summed E-state index contributed by atoms with van der Waals surface area (Å²) >= 11 is 0. The van der Waals surface area contributed by atoms with Crippen molar-refractivity contribution in [2.45, 2.75) is 13.0 Å². The molecule has 0 unspecified atom stereocenters. The van der Waals surface area contributed by atoms with E-state index in [1.165, 1.54) is 12.4 Å². The molecule has 0 spiro atoms. The molecule has 3 amide bonds. The molecular formula is C10H14N6O2. The Bertz CT molecular complexity index is 460. The van der Waals surface area contributed by atoms with Crippen molar-refractivity contribution in [3.63, 3.8) is 0 Å². The Labute approximate surface area is 104 Å². The highest BCUT2D eigenvalue weighted by Crippen LogP contribution is 2.14. The number of hydrogen-bond donors (Lipinski definition) is 3. The second-order valence-electron chi connectivity index (χ2n) is 4.04. The van der Waals surface area contributed by atoms with Gasteiger partial charge in [0.1, 0.15) is 6.54 Å². The molecule has 2 rings (SSSR count). The Morgan fingerprint density at radius 2 is 2.22 bits per heavy atom. The van der Waals surface area contributed by atoms with Crippen LogP contribution in [0, 0.1) is 0 Å². The Balaban J connectivity index is 2.13. The Morgan fingerprint density at radius 1 is 1.56 bits per heavy atom. The van der Waals surface area contributed by atoms with Gasteiger partial charge in [-0.1, -0.05) is 0 Å². The summed E-state index contributed by atoms with van der Waals surface area (Å²) < 4.78 is 0. The number of carbonyl (C=O) groups is 2. The lowest BCUT2D eigenvalue weighted by Crippen LogP contribution is -2.53. The van der Waals surface area contributed by atoms with E-state index in [4.69, 9.17) is 5.73 Å². The first-order valence-corrected chi connectivity index (χ1v) is 5.48. The number of carbonyl (C=O) groups excluding carboxylic acids is 2. The van der Waals surface area contributed by atoms with Crippen LogP contribution in [0.25, 0.3) is 0 Å². The summed E-state index contributed by atoms with van der Waals surface area (Å²) in [5.41, 5.74) is 5.39. The lowest BCUT2D eigenvalue weighted by Gasteiger charge is -2.32. The zero-order chi connectivity index (χ0) is 13.1. The number of nitrogens with two attached hydrogens (primary N) is 1. The maximum absolute atomic E-state index is 11.3. The molecule has 0 bridgehead atoms. The zero-order valence-corrected chi connectivity index (χ0v) is 9.88. The van der Waals surface area contributed by atoms with Gasteiger partial charge in [-0.25, -0.2) is 14.8 Å².